The number of aromatic amines is 1. The Morgan fingerprint density at radius 1 is 1.14 bits per heavy atom. The predicted octanol–water partition coefficient (Wildman–Crippen LogP) is 2.96. The molecule has 1 aromatic carbocycles. The van der Waals surface area contributed by atoms with Crippen LogP contribution in [0, 0.1) is 12.8 Å². The summed E-state index contributed by atoms with van der Waals surface area (Å²) in [6.45, 7) is 5.78. The van der Waals surface area contributed by atoms with Gasteiger partial charge in [-0.1, -0.05) is 13.8 Å². The van der Waals surface area contributed by atoms with E-state index < -0.39 is 0 Å². The van der Waals surface area contributed by atoms with E-state index in [4.69, 9.17) is 0 Å². The molecule has 0 saturated heterocycles. The Labute approximate surface area is 129 Å². The molecule has 3 N–H and O–H groups in total. The van der Waals surface area contributed by atoms with Crippen LogP contribution < -0.4 is 10.6 Å². The lowest BCUT2D eigenvalue weighted by Gasteiger charge is -2.08. The standard InChI is InChI=1S/C16H20N4O2/c1-10(2)8-14(21)19-12-4-6-13(7-5-12)20-16(22)15-11(3)17-9-18-15/h4-7,9-10H,8H2,1-3H3,(H,17,18)(H,19,21)(H,20,22). The summed E-state index contributed by atoms with van der Waals surface area (Å²) in [5, 5.41) is 5.59. The third kappa shape index (κ3) is 4.18. The molecule has 0 aliphatic carbocycles. The van der Waals surface area contributed by atoms with Gasteiger partial charge in [-0.15, -0.1) is 0 Å². The minimum Gasteiger partial charge on any atom is -0.348 e. The van der Waals surface area contributed by atoms with Crippen molar-refractivity contribution in [1.82, 2.24) is 9.97 Å². The Balaban J connectivity index is 1.96. The van der Waals surface area contributed by atoms with E-state index in [1.54, 1.807) is 31.2 Å². The minimum absolute atomic E-state index is 0.0149. The number of hydrogen-bond acceptors (Lipinski definition) is 3. The van der Waals surface area contributed by atoms with Gasteiger partial charge in [0, 0.05) is 23.5 Å². The van der Waals surface area contributed by atoms with E-state index in [0.717, 1.165) is 5.69 Å². The molecule has 0 radical (unpaired) electrons. The van der Waals surface area contributed by atoms with Gasteiger partial charge < -0.3 is 15.6 Å². The molecule has 2 aromatic rings. The van der Waals surface area contributed by atoms with Crippen molar-refractivity contribution < 1.29 is 9.59 Å². The monoisotopic (exact) mass is 300 g/mol. The third-order valence-corrected chi connectivity index (χ3v) is 3.07. The molecule has 2 rings (SSSR count). The van der Waals surface area contributed by atoms with Gasteiger partial charge in [0.05, 0.1) is 6.33 Å². The number of H-pyrrole nitrogens is 1. The zero-order chi connectivity index (χ0) is 16.1. The highest BCUT2D eigenvalue weighted by atomic mass is 16.2. The van der Waals surface area contributed by atoms with Crippen LogP contribution in [-0.4, -0.2) is 21.8 Å². The summed E-state index contributed by atoms with van der Waals surface area (Å²) >= 11 is 0. The van der Waals surface area contributed by atoms with E-state index in [-0.39, 0.29) is 11.8 Å². The Hall–Kier alpha value is -2.63. The van der Waals surface area contributed by atoms with Crippen molar-refractivity contribution in [2.75, 3.05) is 10.6 Å². The molecule has 2 amide bonds. The Kier molecular flexibility index (Phi) is 4.93. The summed E-state index contributed by atoms with van der Waals surface area (Å²) in [5.41, 5.74) is 2.44. The number of anilines is 2. The maximum atomic E-state index is 12.0. The zero-order valence-corrected chi connectivity index (χ0v) is 12.9. The summed E-state index contributed by atoms with van der Waals surface area (Å²) in [6.07, 6.45) is 1.97. The van der Waals surface area contributed by atoms with Crippen LogP contribution in [0.1, 0.15) is 36.5 Å². The Bertz CT molecular complexity index is 659. The fraction of sp³-hybridized carbons (Fsp3) is 0.312. The van der Waals surface area contributed by atoms with Gasteiger partial charge >= 0.3 is 0 Å². The van der Waals surface area contributed by atoms with E-state index in [1.807, 2.05) is 13.8 Å². The summed E-state index contributed by atoms with van der Waals surface area (Å²) in [4.78, 5) is 30.5. The normalized spacial score (nSPS) is 10.5. The maximum absolute atomic E-state index is 12.0. The maximum Gasteiger partial charge on any atom is 0.276 e. The quantitative estimate of drug-likeness (QED) is 0.793. The van der Waals surface area contributed by atoms with Crippen LogP contribution in [0.15, 0.2) is 30.6 Å². The van der Waals surface area contributed by atoms with Crippen molar-refractivity contribution in [3.05, 3.63) is 42.0 Å². The summed E-state index contributed by atoms with van der Waals surface area (Å²) < 4.78 is 0. The van der Waals surface area contributed by atoms with Crippen LogP contribution in [0.3, 0.4) is 0 Å². The number of rotatable bonds is 5. The molecule has 6 heteroatoms. The number of benzene rings is 1. The molecule has 1 heterocycles. The highest BCUT2D eigenvalue weighted by Crippen LogP contribution is 2.15. The van der Waals surface area contributed by atoms with Gasteiger partial charge in [0.15, 0.2) is 0 Å². The zero-order valence-electron chi connectivity index (χ0n) is 12.9. The number of hydrogen-bond donors (Lipinski definition) is 3. The second-order valence-electron chi connectivity index (χ2n) is 5.55. The first-order chi connectivity index (χ1) is 10.5. The first-order valence-corrected chi connectivity index (χ1v) is 7.17. The van der Waals surface area contributed by atoms with Gasteiger partial charge in [-0.2, -0.15) is 0 Å². The molecule has 0 fully saturated rings. The lowest BCUT2D eigenvalue weighted by Crippen LogP contribution is -2.15. The average molecular weight is 300 g/mol. The molecule has 0 aliphatic heterocycles. The SMILES string of the molecule is Cc1[nH]cnc1C(=O)Nc1ccc(NC(=O)CC(C)C)cc1. The molecule has 22 heavy (non-hydrogen) atoms. The van der Waals surface area contributed by atoms with E-state index in [9.17, 15) is 9.59 Å². The van der Waals surface area contributed by atoms with Crippen LogP contribution in [-0.2, 0) is 4.79 Å². The largest absolute Gasteiger partial charge is 0.348 e. The molecular weight excluding hydrogens is 280 g/mol. The molecule has 0 atom stereocenters. The van der Waals surface area contributed by atoms with Crippen LogP contribution in [0.4, 0.5) is 11.4 Å². The highest BCUT2D eigenvalue weighted by molar-refractivity contribution is 6.03. The Morgan fingerprint density at radius 2 is 1.73 bits per heavy atom. The number of carbonyl (C=O) groups is 2. The summed E-state index contributed by atoms with van der Waals surface area (Å²) in [5.74, 6) is 0.0323. The Morgan fingerprint density at radius 3 is 2.23 bits per heavy atom. The predicted molar refractivity (Wildman–Crippen MR) is 85.8 cm³/mol. The lowest BCUT2D eigenvalue weighted by molar-refractivity contribution is -0.116. The van der Waals surface area contributed by atoms with Crippen LogP contribution in [0.25, 0.3) is 0 Å². The van der Waals surface area contributed by atoms with Crippen molar-refractivity contribution in [3.8, 4) is 0 Å². The van der Waals surface area contributed by atoms with Gasteiger partial charge in [0.25, 0.3) is 5.91 Å². The number of nitrogens with one attached hydrogen (secondary N) is 3. The van der Waals surface area contributed by atoms with E-state index in [0.29, 0.717) is 29.4 Å². The van der Waals surface area contributed by atoms with E-state index in [1.165, 1.54) is 6.33 Å². The fourth-order valence-corrected chi connectivity index (χ4v) is 2.00. The van der Waals surface area contributed by atoms with E-state index in [2.05, 4.69) is 20.6 Å². The summed E-state index contributed by atoms with van der Waals surface area (Å²) in [7, 11) is 0. The first kappa shape index (κ1) is 15.8. The molecule has 116 valence electrons. The van der Waals surface area contributed by atoms with E-state index >= 15 is 0 Å². The van der Waals surface area contributed by atoms with Gasteiger partial charge in [-0.05, 0) is 37.1 Å². The molecule has 6 nitrogen and oxygen atoms in total. The molecule has 1 aromatic heterocycles. The van der Waals surface area contributed by atoms with Crippen molar-refractivity contribution in [2.45, 2.75) is 27.2 Å². The van der Waals surface area contributed by atoms with Crippen LogP contribution in [0.2, 0.25) is 0 Å². The van der Waals surface area contributed by atoms with Gasteiger partial charge in [-0.3, -0.25) is 9.59 Å². The number of aryl methyl sites for hydroxylation is 1. The van der Waals surface area contributed by atoms with Crippen molar-refractivity contribution >= 4 is 23.2 Å². The molecule has 0 bridgehead atoms. The van der Waals surface area contributed by atoms with Crippen molar-refractivity contribution in [3.63, 3.8) is 0 Å². The highest BCUT2D eigenvalue weighted by Gasteiger charge is 2.12. The smallest absolute Gasteiger partial charge is 0.276 e. The summed E-state index contributed by atoms with van der Waals surface area (Å²) in [6, 6.07) is 6.99. The minimum atomic E-state index is -0.268. The second kappa shape index (κ2) is 6.89. The molecule has 0 aliphatic rings. The molecule has 0 saturated carbocycles. The first-order valence-electron chi connectivity index (χ1n) is 7.17. The average Bonchev–Trinajstić information content (AvgIpc) is 2.86. The van der Waals surface area contributed by atoms with Gasteiger partial charge in [0.2, 0.25) is 5.91 Å². The fourth-order valence-electron chi connectivity index (χ4n) is 2.00. The second-order valence-corrected chi connectivity index (χ2v) is 5.55. The van der Waals surface area contributed by atoms with Crippen LogP contribution >= 0.6 is 0 Å². The lowest BCUT2D eigenvalue weighted by atomic mass is 10.1. The van der Waals surface area contributed by atoms with Crippen molar-refractivity contribution in [2.24, 2.45) is 5.92 Å². The number of aromatic nitrogens is 2. The van der Waals surface area contributed by atoms with Crippen molar-refractivity contribution in [1.29, 1.82) is 0 Å². The number of amides is 2. The topological polar surface area (TPSA) is 86.9 Å². The molecular formula is C16H20N4O2. The van der Waals surface area contributed by atoms with Crippen LogP contribution in [0.5, 0.6) is 0 Å². The van der Waals surface area contributed by atoms with Gasteiger partial charge in [-0.25, -0.2) is 4.98 Å². The molecule has 0 unspecified atom stereocenters. The van der Waals surface area contributed by atoms with Gasteiger partial charge in [0.1, 0.15) is 5.69 Å². The molecule has 0 spiro atoms. The number of carbonyl (C=O) groups excluding carboxylic acids is 2. The third-order valence-electron chi connectivity index (χ3n) is 3.07. The number of imidazole rings is 1. The number of nitrogens with zero attached hydrogens (tertiary/aromatic N) is 1.